The molecule has 0 unspecified atom stereocenters. The van der Waals surface area contributed by atoms with Crippen LogP contribution in [0.5, 0.6) is 11.5 Å². The summed E-state index contributed by atoms with van der Waals surface area (Å²) in [7, 11) is 0. The van der Waals surface area contributed by atoms with Gasteiger partial charge in [-0.3, -0.25) is 0 Å². The predicted octanol–water partition coefficient (Wildman–Crippen LogP) is 5.09. The quantitative estimate of drug-likeness (QED) is 0.549. The minimum absolute atomic E-state index is 0.168. The van der Waals surface area contributed by atoms with Gasteiger partial charge >= 0.3 is 0 Å². The van der Waals surface area contributed by atoms with Crippen LogP contribution in [-0.2, 0) is 0 Å². The highest BCUT2D eigenvalue weighted by Gasteiger charge is 2.12. The molecule has 0 saturated heterocycles. The summed E-state index contributed by atoms with van der Waals surface area (Å²) in [5.41, 5.74) is 4.63. The first-order valence-corrected chi connectivity index (χ1v) is 7.83. The van der Waals surface area contributed by atoms with Gasteiger partial charge in [0, 0.05) is 16.7 Å². The van der Waals surface area contributed by atoms with Crippen LogP contribution in [0.15, 0.2) is 83.7 Å². The molecule has 0 aliphatic rings. The first kappa shape index (κ1) is 15.0. The number of hydrogen-bond donors (Lipinski definition) is 2. The highest BCUT2D eigenvalue weighted by atomic mass is 16.3. The molecule has 2 aromatic carbocycles. The zero-order valence-electron chi connectivity index (χ0n) is 13.3. The number of nitrogens with zero attached hydrogens (tertiary/aromatic N) is 1. The summed E-state index contributed by atoms with van der Waals surface area (Å²) in [6, 6.07) is 19.7. The number of aromatic hydroxyl groups is 2. The first-order valence-electron chi connectivity index (χ1n) is 7.83. The number of phenolic OH excluding ortho intramolecular Hbond substituents is 2. The van der Waals surface area contributed by atoms with Gasteiger partial charge in [-0.25, -0.2) is 4.98 Å². The van der Waals surface area contributed by atoms with Gasteiger partial charge in [-0.2, -0.15) is 0 Å². The van der Waals surface area contributed by atoms with Crippen molar-refractivity contribution in [2.24, 2.45) is 0 Å². The molecule has 4 nitrogen and oxygen atoms in total. The largest absolute Gasteiger partial charge is 0.508 e. The van der Waals surface area contributed by atoms with E-state index in [0.29, 0.717) is 17.0 Å². The maximum Gasteiger partial charge on any atom is 0.124 e. The summed E-state index contributed by atoms with van der Waals surface area (Å²) in [5, 5.41) is 20.0. The van der Waals surface area contributed by atoms with E-state index in [1.54, 1.807) is 42.9 Å². The Balaban J connectivity index is 1.94. The van der Waals surface area contributed by atoms with E-state index >= 15 is 0 Å². The molecule has 25 heavy (non-hydrogen) atoms. The molecule has 2 heterocycles. The molecule has 4 heteroatoms. The Hall–Kier alpha value is -3.53. The molecule has 0 radical (unpaired) electrons. The van der Waals surface area contributed by atoms with E-state index in [9.17, 15) is 10.2 Å². The maximum absolute atomic E-state index is 10.2. The predicted molar refractivity (Wildman–Crippen MR) is 96.1 cm³/mol. The van der Waals surface area contributed by atoms with Crippen molar-refractivity contribution in [1.29, 1.82) is 0 Å². The van der Waals surface area contributed by atoms with Crippen LogP contribution >= 0.6 is 0 Å². The molecular formula is C21H15NO3. The van der Waals surface area contributed by atoms with Gasteiger partial charge in [0.05, 0.1) is 23.9 Å². The number of furan rings is 1. The van der Waals surface area contributed by atoms with E-state index in [2.05, 4.69) is 4.98 Å². The number of phenols is 2. The summed E-state index contributed by atoms with van der Waals surface area (Å²) in [6.45, 7) is 0. The molecule has 0 saturated carbocycles. The Kier molecular flexibility index (Phi) is 3.71. The highest BCUT2D eigenvalue weighted by molar-refractivity contribution is 5.78. The third kappa shape index (κ3) is 2.97. The maximum atomic E-state index is 10.2. The molecule has 0 aliphatic carbocycles. The van der Waals surface area contributed by atoms with Crippen LogP contribution in [0, 0.1) is 0 Å². The molecule has 0 fully saturated rings. The van der Waals surface area contributed by atoms with Crippen LogP contribution in [0.1, 0.15) is 0 Å². The molecule has 2 aromatic heterocycles. The van der Waals surface area contributed by atoms with Crippen LogP contribution in [0.2, 0.25) is 0 Å². The van der Waals surface area contributed by atoms with Gasteiger partial charge in [-0.1, -0.05) is 24.3 Å². The Morgan fingerprint density at radius 1 is 0.720 bits per heavy atom. The van der Waals surface area contributed by atoms with Crippen LogP contribution < -0.4 is 0 Å². The van der Waals surface area contributed by atoms with Gasteiger partial charge in [0.1, 0.15) is 11.5 Å². The molecule has 0 spiro atoms. The highest BCUT2D eigenvalue weighted by Crippen LogP contribution is 2.34. The fourth-order valence-electron chi connectivity index (χ4n) is 2.77. The van der Waals surface area contributed by atoms with Crippen molar-refractivity contribution in [2.45, 2.75) is 0 Å². The minimum atomic E-state index is 0.168. The molecule has 122 valence electrons. The standard InChI is InChI=1S/C21H15NO3/c23-17-5-3-4-14(10-17)19-11-16(15-8-9-25-13-15)12-20(22-19)18-6-1-2-7-21(18)24/h1-13,23-24H. The van der Waals surface area contributed by atoms with Gasteiger partial charge in [-0.15, -0.1) is 0 Å². The Morgan fingerprint density at radius 2 is 1.56 bits per heavy atom. The summed E-state index contributed by atoms with van der Waals surface area (Å²) < 4.78 is 5.19. The van der Waals surface area contributed by atoms with E-state index < -0.39 is 0 Å². The second-order valence-corrected chi connectivity index (χ2v) is 5.71. The van der Waals surface area contributed by atoms with E-state index in [-0.39, 0.29) is 11.5 Å². The van der Waals surface area contributed by atoms with Crippen LogP contribution in [0.4, 0.5) is 0 Å². The Bertz CT molecular complexity index is 1020. The Morgan fingerprint density at radius 3 is 2.32 bits per heavy atom. The zero-order chi connectivity index (χ0) is 17.2. The van der Waals surface area contributed by atoms with Gasteiger partial charge < -0.3 is 14.6 Å². The SMILES string of the molecule is Oc1cccc(-c2cc(-c3ccoc3)cc(-c3ccccc3O)n2)c1. The second-order valence-electron chi connectivity index (χ2n) is 5.71. The number of hydrogen-bond acceptors (Lipinski definition) is 4. The van der Waals surface area contributed by atoms with Crippen LogP contribution in [0.25, 0.3) is 33.6 Å². The van der Waals surface area contributed by atoms with E-state index in [1.807, 2.05) is 36.4 Å². The zero-order valence-corrected chi connectivity index (χ0v) is 13.3. The molecule has 0 amide bonds. The lowest BCUT2D eigenvalue weighted by atomic mass is 10.0. The molecule has 0 atom stereocenters. The average Bonchev–Trinajstić information content (AvgIpc) is 3.16. The average molecular weight is 329 g/mol. The molecule has 4 aromatic rings. The summed E-state index contributed by atoms with van der Waals surface area (Å²) in [5.74, 6) is 0.346. The van der Waals surface area contributed by atoms with E-state index in [4.69, 9.17) is 4.42 Å². The molecule has 0 bridgehead atoms. The lowest BCUT2D eigenvalue weighted by Crippen LogP contribution is -1.91. The molecule has 0 aliphatic heterocycles. The van der Waals surface area contributed by atoms with Crippen molar-refractivity contribution in [3.05, 3.63) is 79.3 Å². The lowest BCUT2D eigenvalue weighted by molar-refractivity contribution is 0.475. The summed E-state index contributed by atoms with van der Waals surface area (Å²) in [4.78, 5) is 4.68. The number of pyridine rings is 1. The monoisotopic (exact) mass is 329 g/mol. The summed E-state index contributed by atoms with van der Waals surface area (Å²) >= 11 is 0. The second kappa shape index (κ2) is 6.17. The van der Waals surface area contributed by atoms with Crippen LogP contribution in [-0.4, -0.2) is 15.2 Å². The van der Waals surface area contributed by atoms with Crippen molar-refractivity contribution in [3.63, 3.8) is 0 Å². The molecule has 2 N–H and O–H groups in total. The molecule has 4 rings (SSSR count). The third-order valence-electron chi connectivity index (χ3n) is 4.00. The number of rotatable bonds is 3. The van der Waals surface area contributed by atoms with E-state index in [0.717, 1.165) is 16.7 Å². The van der Waals surface area contributed by atoms with Crippen LogP contribution in [0.3, 0.4) is 0 Å². The summed E-state index contributed by atoms with van der Waals surface area (Å²) in [6.07, 6.45) is 3.28. The van der Waals surface area contributed by atoms with Gasteiger partial charge in [0.2, 0.25) is 0 Å². The lowest BCUT2D eigenvalue weighted by Gasteiger charge is -2.10. The van der Waals surface area contributed by atoms with Crippen molar-refractivity contribution >= 4 is 0 Å². The number of benzene rings is 2. The normalized spacial score (nSPS) is 10.7. The van der Waals surface area contributed by atoms with Crippen molar-refractivity contribution in [2.75, 3.05) is 0 Å². The van der Waals surface area contributed by atoms with E-state index in [1.165, 1.54) is 0 Å². The fourth-order valence-corrected chi connectivity index (χ4v) is 2.77. The van der Waals surface area contributed by atoms with Gasteiger partial charge in [-0.05, 0) is 48.0 Å². The van der Waals surface area contributed by atoms with Crippen molar-refractivity contribution in [3.8, 4) is 45.1 Å². The third-order valence-corrected chi connectivity index (χ3v) is 4.00. The smallest absolute Gasteiger partial charge is 0.124 e. The topological polar surface area (TPSA) is 66.5 Å². The van der Waals surface area contributed by atoms with Gasteiger partial charge in [0.15, 0.2) is 0 Å². The number of para-hydroxylation sites is 1. The molecular weight excluding hydrogens is 314 g/mol. The van der Waals surface area contributed by atoms with Crippen molar-refractivity contribution in [1.82, 2.24) is 4.98 Å². The first-order chi connectivity index (χ1) is 12.2. The fraction of sp³-hybridized carbons (Fsp3) is 0. The number of aromatic nitrogens is 1. The van der Waals surface area contributed by atoms with Crippen molar-refractivity contribution < 1.29 is 14.6 Å². The van der Waals surface area contributed by atoms with Gasteiger partial charge in [0.25, 0.3) is 0 Å². The minimum Gasteiger partial charge on any atom is -0.508 e. The Labute approximate surface area is 144 Å².